The van der Waals surface area contributed by atoms with Crippen LogP contribution in [0.4, 0.5) is 4.79 Å². The molecule has 0 N–H and O–H groups in total. The van der Waals surface area contributed by atoms with E-state index in [1.807, 2.05) is 31.2 Å². The number of nitrogens with zero attached hydrogens (tertiary/aromatic N) is 1. The van der Waals surface area contributed by atoms with Crippen LogP contribution in [0, 0.1) is 11.8 Å². The number of benzene rings is 1. The summed E-state index contributed by atoms with van der Waals surface area (Å²) in [5.74, 6) is 0.555. The fourth-order valence-electron chi connectivity index (χ4n) is 3.98. The largest absolute Gasteiger partial charge is 0.493 e. The standard InChI is InChI=1S/C23H29NO7/c1-14-6-8-16-17(21(25)29-5)13-30-22(20(14)16)31-23(26)24(2)11-10-15-7-9-18(27-3)19(12-15)28-4/h6-7,9,12-13,16,20,22H,8,10-11H2,1-5H3. The van der Waals surface area contributed by atoms with Crippen molar-refractivity contribution >= 4 is 12.1 Å². The summed E-state index contributed by atoms with van der Waals surface area (Å²) in [7, 11) is 6.19. The predicted molar refractivity (Wildman–Crippen MR) is 113 cm³/mol. The first-order valence-corrected chi connectivity index (χ1v) is 10.1. The third-order valence-corrected chi connectivity index (χ3v) is 5.81. The summed E-state index contributed by atoms with van der Waals surface area (Å²) in [5, 5.41) is 0. The molecule has 0 fully saturated rings. The number of hydrogen-bond donors (Lipinski definition) is 0. The number of esters is 1. The van der Waals surface area contributed by atoms with Crippen molar-refractivity contribution in [2.75, 3.05) is 34.9 Å². The zero-order valence-corrected chi connectivity index (χ0v) is 18.5. The molecule has 3 atom stereocenters. The van der Waals surface area contributed by atoms with Crippen LogP contribution in [0.2, 0.25) is 0 Å². The first-order chi connectivity index (χ1) is 14.9. The van der Waals surface area contributed by atoms with Crippen LogP contribution in [0.3, 0.4) is 0 Å². The van der Waals surface area contributed by atoms with Crippen LogP contribution in [-0.4, -0.2) is 58.2 Å². The number of methoxy groups -OCH3 is 3. The molecule has 1 aliphatic heterocycles. The van der Waals surface area contributed by atoms with Crippen LogP contribution < -0.4 is 9.47 Å². The lowest BCUT2D eigenvalue weighted by Crippen LogP contribution is -2.41. The second-order valence-electron chi connectivity index (χ2n) is 7.63. The summed E-state index contributed by atoms with van der Waals surface area (Å²) < 4.78 is 26.7. The second-order valence-corrected chi connectivity index (χ2v) is 7.63. The van der Waals surface area contributed by atoms with Gasteiger partial charge in [-0.15, -0.1) is 0 Å². The van der Waals surface area contributed by atoms with Crippen molar-refractivity contribution in [1.29, 1.82) is 0 Å². The Hall–Kier alpha value is -3.16. The minimum atomic E-state index is -0.784. The molecular formula is C23H29NO7. The highest BCUT2D eigenvalue weighted by Gasteiger charge is 2.45. The molecule has 3 rings (SSSR count). The Kier molecular flexibility index (Phi) is 7.09. The fourth-order valence-corrected chi connectivity index (χ4v) is 3.98. The molecular weight excluding hydrogens is 402 g/mol. The maximum absolute atomic E-state index is 12.7. The smallest absolute Gasteiger partial charge is 0.412 e. The molecule has 3 unspecified atom stereocenters. The number of fused-ring (bicyclic) bond motifs is 1. The van der Waals surface area contributed by atoms with Crippen LogP contribution in [0.1, 0.15) is 18.9 Å². The lowest BCUT2D eigenvalue weighted by molar-refractivity contribution is -0.142. The maximum Gasteiger partial charge on any atom is 0.412 e. The Bertz CT molecular complexity index is 892. The summed E-state index contributed by atoms with van der Waals surface area (Å²) >= 11 is 0. The van der Waals surface area contributed by atoms with Gasteiger partial charge >= 0.3 is 12.1 Å². The zero-order valence-electron chi connectivity index (χ0n) is 18.5. The van der Waals surface area contributed by atoms with Crippen molar-refractivity contribution in [2.45, 2.75) is 26.1 Å². The average molecular weight is 431 g/mol. The molecule has 1 aromatic carbocycles. The lowest BCUT2D eigenvalue weighted by Gasteiger charge is -2.34. The molecule has 2 aliphatic rings. The van der Waals surface area contributed by atoms with E-state index in [2.05, 4.69) is 0 Å². The van der Waals surface area contributed by atoms with Crippen LogP contribution >= 0.6 is 0 Å². The van der Waals surface area contributed by atoms with E-state index in [1.54, 1.807) is 21.3 Å². The molecule has 0 saturated heterocycles. The van der Waals surface area contributed by atoms with Crippen molar-refractivity contribution in [3.8, 4) is 11.5 Å². The van der Waals surface area contributed by atoms with E-state index in [0.717, 1.165) is 11.1 Å². The van der Waals surface area contributed by atoms with Gasteiger partial charge in [0.1, 0.15) is 0 Å². The fraction of sp³-hybridized carbons (Fsp3) is 0.478. The van der Waals surface area contributed by atoms with Crippen LogP contribution in [-0.2, 0) is 25.4 Å². The molecule has 0 saturated carbocycles. The Morgan fingerprint density at radius 3 is 2.58 bits per heavy atom. The normalized spacial score (nSPS) is 21.8. The van der Waals surface area contributed by atoms with Crippen molar-refractivity contribution in [2.24, 2.45) is 11.8 Å². The highest BCUT2D eigenvalue weighted by molar-refractivity contribution is 5.89. The van der Waals surface area contributed by atoms with Gasteiger partial charge in [0.2, 0.25) is 0 Å². The van der Waals surface area contributed by atoms with Crippen molar-refractivity contribution in [1.82, 2.24) is 4.90 Å². The Balaban J connectivity index is 1.61. The summed E-state index contributed by atoms with van der Waals surface area (Å²) in [6.45, 7) is 2.41. The van der Waals surface area contributed by atoms with Gasteiger partial charge in [-0.05, 0) is 37.5 Å². The van der Waals surface area contributed by atoms with Crippen molar-refractivity contribution in [3.63, 3.8) is 0 Å². The van der Waals surface area contributed by atoms with E-state index in [9.17, 15) is 9.59 Å². The number of rotatable bonds is 7. The molecule has 8 nitrogen and oxygen atoms in total. The molecule has 1 aromatic rings. The molecule has 1 amide bonds. The van der Waals surface area contributed by atoms with E-state index in [1.165, 1.54) is 18.3 Å². The molecule has 0 bridgehead atoms. The quantitative estimate of drug-likeness (QED) is 0.484. The van der Waals surface area contributed by atoms with E-state index in [-0.39, 0.29) is 11.8 Å². The third kappa shape index (κ3) is 4.78. The van der Waals surface area contributed by atoms with Crippen molar-refractivity contribution < 1.29 is 33.3 Å². The Morgan fingerprint density at radius 1 is 1.16 bits per heavy atom. The second kappa shape index (κ2) is 9.76. The number of carbonyl (C=O) groups is 2. The van der Waals surface area contributed by atoms with Gasteiger partial charge in [0.25, 0.3) is 6.29 Å². The predicted octanol–water partition coefficient (Wildman–Crippen LogP) is 3.31. The first-order valence-electron chi connectivity index (χ1n) is 10.1. The van der Waals surface area contributed by atoms with Gasteiger partial charge in [-0.3, -0.25) is 0 Å². The number of likely N-dealkylation sites (N-methyl/N-ethyl adjacent to an activating group) is 1. The van der Waals surface area contributed by atoms with Gasteiger partial charge in [-0.1, -0.05) is 17.7 Å². The van der Waals surface area contributed by atoms with Crippen LogP contribution in [0.25, 0.3) is 0 Å². The number of hydrogen-bond acceptors (Lipinski definition) is 7. The van der Waals surface area contributed by atoms with E-state index in [0.29, 0.717) is 36.5 Å². The van der Waals surface area contributed by atoms with Gasteiger partial charge in [0.15, 0.2) is 11.5 Å². The molecule has 1 aliphatic carbocycles. The Morgan fingerprint density at radius 2 is 1.90 bits per heavy atom. The highest BCUT2D eigenvalue weighted by Crippen LogP contribution is 2.43. The number of ether oxygens (including phenoxy) is 5. The van der Waals surface area contributed by atoms with E-state index >= 15 is 0 Å². The molecule has 0 aromatic heterocycles. The highest BCUT2D eigenvalue weighted by atomic mass is 16.7. The van der Waals surface area contributed by atoms with Crippen molar-refractivity contribution in [3.05, 3.63) is 47.2 Å². The SMILES string of the molecule is COC(=O)C1=COC(OC(=O)N(C)CCc2ccc(OC)c(OC)c2)C2C(C)=CCC12. The number of carbonyl (C=O) groups excluding carboxylic acids is 2. The average Bonchev–Trinajstić information content (AvgIpc) is 3.18. The zero-order chi connectivity index (χ0) is 22.5. The molecule has 0 radical (unpaired) electrons. The summed E-state index contributed by atoms with van der Waals surface area (Å²) in [6.07, 6.45) is 3.44. The molecule has 1 heterocycles. The van der Waals surface area contributed by atoms with Gasteiger partial charge in [0, 0.05) is 19.5 Å². The lowest BCUT2D eigenvalue weighted by atomic mass is 9.84. The van der Waals surface area contributed by atoms with E-state index in [4.69, 9.17) is 23.7 Å². The van der Waals surface area contributed by atoms with Crippen LogP contribution in [0.5, 0.6) is 11.5 Å². The Labute approximate surface area is 182 Å². The third-order valence-electron chi connectivity index (χ3n) is 5.81. The summed E-state index contributed by atoms with van der Waals surface area (Å²) in [6, 6.07) is 5.66. The first kappa shape index (κ1) is 22.5. The van der Waals surface area contributed by atoms with Gasteiger partial charge in [-0.2, -0.15) is 0 Å². The van der Waals surface area contributed by atoms with E-state index < -0.39 is 18.4 Å². The van der Waals surface area contributed by atoms with Gasteiger partial charge in [0.05, 0.1) is 39.1 Å². The monoisotopic (exact) mass is 431 g/mol. The maximum atomic E-state index is 12.7. The molecule has 168 valence electrons. The topological polar surface area (TPSA) is 83.5 Å². The van der Waals surface area contributed by atoms with Gasteiger partial charge < -0.3 is 28.6 Å². The molecule has 0 spiro atoms. The minimum Gasteiger partial charge on any atom is -0.493 e. The number of amides is 1. The minimum absolute atomic E-state index is 0.115. The number of allylic oxidation sites excluding steroid dienone is 1. The van der Waals surface area contributed by atoms with Gasteiger partial charge in [-0.25, -0.2) is 9.59 Å². The molecule has 8 heteroatoms. The van der Waals surface area contributed by atoms with Crippen LogP contribution in [0.15, 0.2) is 41.7 Å². The summed E-state index contributed by atoms with van der Waals surface area (Å²) in [5.41, 5.74) is 2.51. The molecule has 31 heavy (non-hydrogen) atoms. The summed E-state index contributed by atoms with van der Waals surface area (Å²) in [4.78, 5) is 26.2.